The van der Waals surface area contributed by atoms with E-state index in [1.54, 1.807) is 0 Å². The van der Waals surface area contributed by atoms with Crippen molar-refractivity contribution in [1.82, 2.24) is 0 Å². The summed E-state index contributed by atoms with van der Waals surface area (Å²) < 4.78 is 0. The smallest absolute Gasteiger partial charge is 0.0200 e. The molecule has 0 fully saturated rings. The van der Waals surface area contributed by atoms with Crippen LogP contribution in [-0.4, -0.2) is 0 Å². The van der Waals surface area contributed by atoms with E-state index in [1.807, 2.05) is 0 Å². The number of hydrogen-bond donors (Lipinski definition) is 0. The monoisotopic (exact) mass is 417 g/mol. The Hall–Kier alpha value is -4.03. The molecule has 2 aliphatic rings. The predicted octanol–water partition coefficient (Wildman–Crippen LogP) is 8.82. The van der Waals surface area contributed by atoms with Gasteiger partial charge in [0.05, 0.1) is 0 Å². The highest BCUT2D eigenvalue weighted by Gasteiger charge is 2.31. The summed E-state index contributed by atoms with van der Waals surface area (Å²) in [5.41, 5.74) is 5.63. The molecular formula is C33H21-. The zero-order valence-electron chi connectivity index (χ0n) is 18.1. The lowest BCUT2D eigenvalue weighted by Crippen LogP contribution is -2.19. The van der Waals surface area contributed by atoms with Gasteiger partial charge < -0.3 is 0 Å². The number of allylic oxidation sites excluding steroid dienone is 2. The average Bonchev–Trinajstić information content (AvgIpc) is 3.36. The zero-order valence-corrected chi connectivity index (χ0v) is 18.1. The molecule has 0 aliphatic heterocycles. The molecule has 0 bridgehead atoms. The maximum absolute atomic E-state index is 2.39. The van der Waals surface area contributed by atoms with Crippen LogP contribution in [0.15, 0.2) is 103 Å². The minimum atomic E-state index is 0.342. The molecule has 0 nitrogen and oxygen atoms in total. The maximum atomic E-state index is 2.39. The Morgan fingerprint density at radius 2 is 1.30 bits per heavy atom. The van der Waals surface area contributed by atoms with Crippen molar-refractivity contribution in [3.63, 3.8) is 0 Å². The van der Waals surface area contributed by atoms with Gasteiger partial charge in [-0.2, -0.15) is 0 Å². The standard InChI is InChI=1S/C33H21/c1-2-6-27-20(4-1)8-10-22-12-14-24-16-18-26-19-17-25-15-13-23-11-9-21-5-3-7-28(21)30(23)32(25)33(26)31(24)29(22)27/h1-19,22,29H/q-1. The lowest BCUT2D eigenvalue weighted by Gasteiger charge is -2.34. The Kier molecular flexibility index (Phi) is 3.33. The van der Waals surface area contributed by atoms with Crippen LogP contribution in [0.25, 0.3) is 55.2 Å². The SMILES string of the molecule is C1=CC2C=Cc3ccc4ccc5ccc6ccc7ccc[c-]7c6c5c4c3C2c2ccccc21. The molecule has 33 heavy (non-hydrogen) atoms. The van der Waals surface area contributed by atoms with Crippen LogP contribution in [-0.2, 0) is 0 Å². The summed E-state index contributed by atoms with van der Waals surface area (Å²) >= 11 is 0. The first-order chi connectivity index (χ1) is 16.4. The van der Waals surface area contributed by atoms with E-state index >= 15 is 0 Å². The van der Waals surface area contributed by atoms with Gasteiger partial charge in [0.15, 0.2) is 0 Å². The molecule has 6 aromatic rings. The highest BCUT2D eigenvalue weighted by Crippen LogP contribution is 2.49. The fourth-order valence-electron chi connectivity index (χ4n) is 6.41. The van der Waals surface area contributed by atoms with Gasteiger partial charge in [0.25, 0.3) is 0 Å². The topological polar surface area (TPSA) is 0 Å². The minimum absolute atomic E-state index is 0.342. The molecule has 0 saturated heterocycles. The summed E-state index contributed by atoms with van der Waals surface area (Å²) in [6.45, 7) is 0. The van der Waals surface area contributed by atoms with E-state index < -0.39 is 0 Å². The van der Waals surface area contributed by atoms with Gasteiger partial charge in [0.1, 0.15) is 0 Å². The van der Waals surface area contributed by atoms with E-state index in [2.05, 4.69) is 115 Å². The molecule has 2 unspecified atom stereocenters. The van der Waals surface area contributed by atoms with Gasteiger partial charge in [-0.25, -0.2) is 0 Å². The molecule has 154 valence electrons. The summed E-state index contributed by atoms with van der Waals surface area (Å²) in [4.78, 5) is 0. The van der Waals surface area contributed by atoms with Gasteiger partial charge in [-0.1, -0.05) is 107 Å². The summed E-state index contributed by atoms with van der Waals surface area (Å²) in [6.07, 6.45) is 9.43. The van der Waals surface area contributed by atoms with Gasteiger partial charge in [0.2, 0.25) is 0 Å². The lowest BCUT2D eigenvalue weighted by molar-refractivity contribution is 0.676. The Balaban J connectivity index is 1.62. The second kappa shape index (κ2) is 6.27. The molecule has 0 spiro atoms. The van der Waals surface area contributed by atoms with Crippen LogP contribution in [0.1, 0.15) is 28.2 Å². The number of fused-ring (bicyclic) bond motifs is 13. The number of rotatable bonds is 0. The molecule has 0 heteroatoms. The van der Waals surface area contributed by atoms with Gasteiger partial charge in [-0.05, 0) is 38.4 Å². The second-order valence-electron chi connectivity index (χ2n) is 9.49. The van der Waals surface area contributed by atoms with Crippen molar-refractivity contribution in [1.29, 1.82) is 0 Å². The zero-order chi connectivity index (χ0) is 21.5. The van der Waals surface area contributed by atoms with Crippen molar-refractivity contribution in [3.8, 4) is 0 Å². The van der Waals surface area contributed by atoms with Crippen molar-refractivity contribution in [2.24, 2.45) is 5.92 Å². The molecule has 0 saturated carbocycles. The van der Waals surface area contributed by atoms with Crippen LogP contribution in [0, 0.1) is 5.92 Å². The van der Waals surface area contributed by atoms with Crippen LogP contribution >= 0.6 is 0 Å². The van der Waals surface area contributed by atoms with Gasteiger partial charge >= 0.3 is 0 Å². The van der Waals surface area contributed by atoms with Crippen LogP contribution in [0.5, 0.6) is 0 Å². The van der Waals surface area contributed by atoms with E-state index in [0.29, 0.717) is 11.8 Å². The van der Waals surface area contributed by atoms with Crippen molar-refractivity contribution in [2.75, 3.05) is 0 Å². The normalized spacial score (nSPS) is 18.7. The second-order valence-corrected chi connectivity index (χ2v) is 9.49. The molecule has 2 atom stereocenters. The van der Waals surface area contributed by atoms with E-state index in [4.69, 9.17) is 0 Å². The van der Waals surface area contributed by atoms with Crippen LogP contribution in [0.2, 0.25) is 0 Å². The largest absolute Gasteiger partial charge is 0.136 e. The molecule has 0 heterocycles. The first kappa shape index (κ1) is 17.5. The summed E-state index contributed by atoms with van der Waals surface area (Å²) in [5.74, 6) is 0.733. The van der Waals surface area contributed by atoms with E-state index in [9.17, 15) is 0 Å². The lowest BCUT2D eigenvalue weighted by atomic mass is 9.69. The molecule has 0 amide bonds. The Morgan fingerprint density at radius 3 is 2.21 bits per heavy atom. The van der Waals surface area contributed by atoms with E-state index in [1.165, 1.54) is 65.3 Å². The van der Waals surface area contributed by atoms with Crippen molar-refractivity contribution in [3.05, 3.63) is 125 Å². The summed E-state index contributed by atoms with van der Waals surface area (Å²) in [7, 11) is 0. The average molecular weight is 418 g/mol. The maximum Gasteiger partial charge on any atom is 0.0200 e. The highest BCUT2D eigenvalue weighted by molar-refractivity contribution is 6.28. The van der Waals surface area contributed by atoms with Gasteiger partial charge in [-0.15, -0.1) is 35.7 Å². The number of hydrogen-bond acceptors (Lipinski definition) is 0. The third kappa shape index (κ3) is 2.28. The highest BCUT2D eigenvalue weighted by atomic mass is 14.3. The fourth-order valence-corrected chi connectivity index (χ4v) is 6.41. The quantitative estimate of drug-likeness (QED) is 0.171. The number of benzene rings is 5. The van der Waals surface area contributed by atoms with E-state index in [-0.39, 0.29) is 0 Å². The molecule has 2 aliphatic carbocycles. The molecule has 8 rings (SSSR count). The first-order valence-electron chi connectivity index (χ1n) is 11.8. The van der Waals surface area contributed by atoms with Crippen molar-refractivity contribution >= 4 is 55.2 Å². The van der Waals surface area contributed by atoms with Gasteiger partial charge in [0, 0.05) is 11.8 Å². The molecule has 0 radical (unpaired) electrons. The summed E-state index contributed by atoms with van der Waals surface area (Å²) in [5, 5.41) is 10.9. The van der Waals surface area contributed by atoms with E-state index in [0.717, 1.165) is 0 Å². The van der Waals surface area contributed by atoms with Crippen LogP contribution in [0.4, 0.5) is 0 Å². The summed E-state index contributed by atoms with van der Waals surface area (Å²) in [6, 6.07) is 34.0. The Labute approximate surface area is 192 Å². The Morgan fingerprint density at radius 1 is 0.576 bits per heavy atom. The van der Waals surface area contributed by atoms with Crippen molar-refractivity contribution in [2.45, 2.75) is 5.92 Å². The predicted molar refractivity (Wildman–Crippen MR) is 142 cm³/mol. The fraction of sp³-hybridized carbons (Fsp3) is 0.0606. The van der Waals surface area contributed by atoms with Gasteiger partial charge in [-0.3, -0.25) is 0 Å². The third-order valence-corrected chi connectivity index (χ3v) is 7.86. The molecule has 0 N–H and O–H groups in total. The first-order valence-corrected chi connectivity index (χ1v) is 11.8. The molecule has 0 aromatic heterocycles. The van der Waals surface area contributed by atoms with Crippen LogP contribution < -0.4 is 0 Å². The third-order valence-electron chi connectivity index (χ3n) is 7.86. The van der Waals surface area contributed by atoms with Crippen LogP contribution in [0.3, 0.4) is 0 Å². The molecule has 6 aromatic carbocycles. The Bertz CT molecular complexity index is 1820. The molecular weight excluding hydrogens is 396 g/mol. The van der Waals surface area contributed by atoms with Crippen molar-refractivity contribution < 1.29 is 0 Å². The minimum Gasteiger partial charge on any atom is -0.136 e.